The maximum atomic E-state index is 6.58. The molecule has 148 valence electrons. The van der Waals surface area contributed by atoms with E-state index in [1.165, 1.54) is 28.3 Å². The van der Waals surface area contributed by atoms with E-state index in [2.05, 4.69) is 104 Å². The van der Waals surface area contributed by atoms with Gasteiger partial charge in [0.15, 0.2) is 0 Å². The third-order valence-electron chi connectivity index (χ3n) is 5.46. The molecule has 0 radical (unpaired) electrons. The number of hydrogen-bond acceptors (Lipinski definition) is 1. The Kier molecular flexibility index (Phi) is 8.51. The molecule has 1 nitrogen and oxygen atoms in total. The molecule has 1 aliphatic rings. The van der Waals surface area contributed by atoms with Gasteiger partial charge in [0.1, 0.15) is 0 Å². The summed E-state index contributed by atoms with van der Waals surface area (Å²) in [5.74, 6) is 0. The predicted molar refractivity (Wildman–Crippen MR) is 112 cm³/mol. The van der Waals surface area contributed by atoms with Crippen molar-refractivity contribution in [1.82, 2.24) is 0 Å². The van der Waals surface area contributed by atoms with Crippen LogP contribution in [0.25, 0.3) is 5.57 Å². The van der Waals surface area contributed by atoms with Gasteiger partial charge in [0.2, 0.25) is 0 Å². The van der Waals surface area contributed by atoms with E-state index < -0.39 is 17.0 Å². The Morgan fingerprint density at radius 1 is 0.724 bits per heavy atom. The molecule has 0 heterocycles. The Labute approximate surface area is 190 Å². The summed E-state index contributed by atoms with van der Waals surface area (Å²) >= 11 is -3.28. The Balaban J connectivity index is 0.00000150. The number of halogens is 2. The van der Waals surface area contributed by atoms with Crippen LogP contribution in [0.2, 0.25) is 0 Å². The van der Waals surface area contributed by atoms with Gasteiger partial charge in [-0.1, -0.05) is 0 Å². The minimum Gasteiger partial charge on any atom is -1.00 e. The maximum Gasteiger partial charge on any atom is -1.00 e. The molecule has 0 saturated carbocycles. The minimum atomic E-state index is -3.28. The second kappa shape index (κ2) is 10.4. The Morgan fingerprint density at radius 3 is 1.72 bits per heavy atom. The van der Waals surface area contributed by atoms with E-state index in [1.807, 2.05) is 7.11 Å². The summed E-state index contributed by atoms with van der Waals surface area (Å²) < 4.78 is 10.6. The summed E-state index contributed by atoms with van der Waals surface area (Å²) in [6.07, 6.45) is 5.49. The van der Waals surface area contributed by atoms with Crippen molar-refractivity contribution < 1.29 is 45.1 Å². The largest absolute Gasteiger partial charge is 1.00 e. The van der Waals surface area contributed by atoms with Gasteiger partial charge >= 0.3 is 166 Å². The second-order valence-electron chi connectivity index (χ2n) is 6.93. The number of allylic oxidation sites excluding steroid dienone is 4. The van der Waals surface area contributed by atoms with Crippen LogP contribution in [0.5, 0.6) is 0 Å². The van der Waals surface area contributed by atoms with Gasteiger partial charge in [-0.15, -0.1) is 0 Å². The average molecular weight is 459 g/mol. The van der Waals surface area contributed by atoms with Crippen LogP contribution in [0, 0.1) is 0 Å². The molecule has 0 fully saturated rings. The molecule has 4 heteroatoms. The van der Waals surface area contributed by atoms with Gasteiger partial charge in [-0.2, -0.15) is 0 Å². The fourth-order valence-electron chi connectivity index (χ4n) is 4.16. The number of hydrogen-bond donors (Lipinski definition) is 0. The molecule has 3 aromatic carbocycles. The van der Waals surface area contributed by atoms with E-state index in [0.717, 1.165) is 6.42 Å². The molecule has 0 amide bonds. The van der Waals surface area contributed by atoms with Gasteiger partial charge in [0.05, 0.1) is 0 Å². The fraction of sp³-hybridized carbons (Fsp3) is 0.120. The summed E-state index contributed by atoms with van der Waals surface area (Å²) in [4.78, 5) is 0. The van der Waals surface area contributed by atoms with Crippen molar-refractivity contribution in [2.24, 2.45) is 0 Å². The average Bonchev–Trinajstić information content (AvgIpc) is 3.17. The van der Waals surface area contributed by atoms with Gasteiger partial charge in [0, 0.05) is 0 Å². The summed E-state index contributed by atoms with van der Waals surface area (Å²) in [7, 11) is 1.89. The van der Waals surface area contributed by atoms with Crippen molar-refractivity contribution in [2.45, 2.75) is 13.3 Å². The summed E-state index contributed by atoms with van der Waals surface area (Å²) in [6, 6.07) is 30.5. The van der Waals surface area contributed by atoms with E-state index in [4.69, 9.17) is 3.32 Å². The Morgan fingerprint density at radius 2 is 1.24 bits per heavy atom. The van der Waals surface area contributed by atoms with Crippen LogP contribution in [0.3, 0.4) is 0 Å². The summed E-state index contributed by atoms with van der Waals surface area (Å²) in [6.45, 7) is 2.21. The van der Waals surface area contributed by atoms with Crippen molar-refractivity contribution in [3.63, 3.8) is 0 Å². The van der Waals surface area contributed by atoms with Crippen molar-refractivity contribution in [3.8, 4) is 0 Å². The molecule has 0 bridgehead atoms. The van der Waals surface area contributed by atoms with Gasteiger partial charge in [0.25, 0.3) is 0 Å². The first-order chi connectivity index (χ1) is 13.3. The molecule has 0 atom stereocenters. The Bertz CT molecular complexity index is 958. The quantitative estimate of drug-likeness (QED) is 0.419. The Hall–Kier alpha value is -1.61. The van der Waals surface area contributed by atoms with Gasteiger partial charge in [-0.05, 0) is 0 Å². The minimum absolute atomic E-state index is 0. The molecule has 0 aliphatic heterocycles. The molecular formula is C25H24Cl2OTi. The van der Waals surface area contributed by atoms with Crippen LogP contribution in [0.1, 0.15) is 18.9 Å². The van der Waals surface area contributed by atoms with E-state index in [0.29, 0.717) is 0 Å². The van der Waals surface area contributed by atoms with Gasteiger partial charge < -0.3 is 24.8 Å². The van der Waals surface area contributed by atoms with Crippen LogP contribution in [0.4, 0.5) is 0 Å². The molecule has 3 aromatic rings. The van der Waals surface area contributed by atoms with Crippen molar-refractivity contribution in [1.29, 1.82) is 0 Å². The number of rotatable bonds is 5. The first kappa shape index (κ1) is 23.7. The SMILES string of the molecule is C[O][Ti+2]([c]1ccccc1)([c]1ccccc1)[c]1ccccc1C1=C(C)C=CC1.[Cl-].[Cl-]. The van der Waals surface area contributed by atoms with Crippen molar-refractivity contribution >= 4 is 17.2 Å². The van der Waals surface area contributed by atoms with Crippen LogP contribution >= 0.6 is 0 Å². The maximum absolute atomic E-state index is 6.58. The van der Waals surface area contributed by atoms with Crippen LogP contribution in [-0.2, 0) is 20.3 Å². The fourth-order valence-corrected chi connectivity index (χ4v) is 10.3. The zero-order valence-corrected chi connectivity index (χ0v) is 19.7. The van der Waals surface area contributed by atoms with E-state index in [-0.39, 0.29) is 24.8 Å². The van der Waals surface area contributed by atoms with Crippen LogP contribution < -0.4 is 36.4 Å². The standard InChI is InChI=1S/C12H11.2C6H5.CH3O.2ClH.Ti/c1-10-6-5-9-12(10)11-7-3-2-4-8-11;2*1-2-4-6-5-3-1;1-2;;;/h2-7H,9H2,1H3;2*1-5H;1H3;2*1H;/q;;;-1;;;+3/p-2. The molecule has 0 saturated heterocycles. The monoisotopic (exact) mass is 458 g/mol. The van der Waals surface area contributed by atoms with Gasteiger partial charge in [-0.3, -0.25) is 0 Å². The van der Waals surface area contributed by atoms with E-state index >= 15 is 0 Å². The third-order valence-corrected chi connectivity index (χ3v) is 11.9. The van der Waals surface area contributed by atoms with E-state index in [9.17, 15) is 0 Å². The second-order valence-corrected chi connectivity index (χ2v) is 12.3. The molecule has 4 rings (SSSR count). The van der Waals surface area contributed by atoms with Crippen LogP contribution in [-0.4, -0.2) is 7.11 Å². The van der Waals surface area contributed by atoms with E-state index in [1.54, 1.807) is 0 Å². The molecular weight excluding hydrogens is 435 g/mol. The van der Waals surface area contributed by atoms with Crippen molar-refractivity contribution in [3.05, 3.63) is 108 Å². The van der Waals surface area contributed by atoms with Crippen LogP contribution in [0.15, 0.2) is 103 Å². The zero-order chi connectivity index (χ0) is 18.7. The first-order valence-electron chi connectivity index (χ1n) is 9.39. The molecule has 0 aromatic heterocycles. The molecule has 1 aliphatic carbocycles. The smallest absolute Gasteiger partial charge is 1.00 e. The predicted octanol–water partition coefficient (Wildman–Crippen LogP) is -1.58. The summed E-state index contributed by atoms with van der Waals surface area (Å²) in [5.41, 5.74) is 4.12. The summed E-state index contributed by atoms with van der Waals surface area (Å²) in [5, 5.41) is 0. The van der Waals surface area contributed by atoms with Crippen molar-refractivity contribution in [2.75, 3.05) is 7.11 Å². The molecule has 29 heavy (non-hydrogen) atoms. The van der Waals surface area contributed by atoms with Gasteiger partial charge in [-0.25, -0.2) is 0 Å². The molecule has 0 N–H and O–H groups in total. The first-order valence-corrected chi connectivity index (χ1v) is 12.4. The number of benzene rings is 3. The normalized spacial score (nSPS) is 12.5. The molecule has 0 spiro atoms. The third kappa shape index (κ3) is 4.31. The zero-order valence-electron chi connectivity index (χ0n) is 16.6. The topological polar surface area (TPSA) is 9.23 Å². The molecule has 0 unspecified atom stereocenters.